The first-order valence-electron chi connectivity index (χ1n) is 4.33. The van der Waals surface area contributed by atoms with Gasteiger partial charge >= 0.3 is 0 Å². The van der Waals surface area contributed by atoms with Crippen molar-refractivity contribution in [1.82, 2.24) is 9.55 Å². The summed E-state index contributed by atoms with van der Waals surface area (Å²) in [4.78, 5) is 4.06. The van der Waals surface area contributed by atoms with E-state index in [-0.39, 0.29) is 0 Å². The van der Waals surface area contributed by atoms with E-state index in [1.165, 1.54) is 18.5 Å². The minimum atomic E-state index is 0.512. The average molecular weight is 184 g/mol. The lowest BCUT2D eigenvalue weighted by atomic mass is 10.1. The third-order valence-corrected chi connectivity index (χ3v) is 2.23. The topological polar surface area (TPSA) is 17.8 Å². The van der Waals surface area contributed by atoms with Crippen molar-refractivity contribution in [1.29, 1.82) is 0 Å². The second kappa shape index (κ2) is 4.55. The summed E-state index contributed by atoms with van der Waals surface area (Å²) in [6.45, 7) is 2.13. The summed E-state index contributed by atoms with van der Waals surface area (Å²) >= 11 is 4.33. The van der Waals surface area contributed by atoms with Gasteiger partial charge in [0, 0.05) is 18.9 Å². The Morgan fingerprint density at radius 3 is 2.92 bits per heavy atom. The number of aromatic nitrogens is 2. The van der Waals surface area contributed by atoms with Crippen LogP contribution in [0, 0.1) is 0 Å². The molecule has 0 amide bonds. The smallest absolute Gasteiger partial charge is 0.0945 e. The fourth-order valence-electron chi connectivity index (χ4n) is 1.20. The molecule has 3 heteroatoms. The molecule has 1 unspecified atom stereocenters. The molecule has 1 heterocycles. The highest BCUT2D eigenvalue weighted by Crippen LogP contribution is 2.08. The van der Waals surface area contributed by atoms with Gasteiger partial charge in [0.1, 0.15) is 0 Å². The largest absolute Gasteiger partial charge is 0.338 e. The summed E-state index contributed by atoms with van der Waals surface area (Å²) < 4.78 is 2.07. The highest BCUT2D eigenvalue weighted by Gasteiger charge is 1.99. The minimum absolute atomic E-state index is 0.512. The number of thiol groups is 1. The molecule has 0 saturated heterocycles. The Hall–Kier alpha value is -0.440. The highest BCUT2D eigenvalue weighted by atomic mass is 32.1. The highest BCUT2D eigenvalue weighted by molar-refractivity contribution is 7.80. The van der Waals surface area contributed by atoms with E-state index in [4.69, 9.17) is 0 Å². The maximum atomic E-state index is 4.33. The number of hydrogen-bond donors (Lipinski definition) is 1. The summed E-state index contributed by atoms with van der Waals surface area (Å²) in [6, 6.07) is 0. The molecular weight excluding hydrogens is 168 g/mol. The molecule has 1 aromatic heterocycles. The van der Waals surface area contributed by atoms with Crippen LogP contribution in [-0.4, -0.2) is 14.8 Å². The molecule has 0 aliphatic rings. The van der Waals surface area contributed by atoms with Crippen LogP contribution in [0.2, 0.25) is 0 Å². The van der Waals surface area contributed by atoms with E-state index >= 15 is 0 Å². The molecule has 1 rings (SSSR count). The second-order valence-corrected chi connectivity index (χ2v) is 4.12. The molecule has 0 fully saturated rings. The van der Waals surface area contributed by atoms with Gasteiger partial charge in [0.25, 0.3) is 0 Å². The van der Waals surface area contributed by atoms with Crippen molar-refractivity contribution in [2.24, 2.45) is 7.05 Å². The quantitative estimate of drug-likeness (QED) is 0.709. The van der Waals surface area contributed by atoms with Gasteiger partial charge in [-0.15, -0.1) is 0 Å². The SMILES string of the molecule is CC(S)CCCc1cncn1C. The maximum absolute atomic E-state index is 4.33. The number of nitrogens with zero attached hydrogens (tertiary/aromatic N) is 2. The fraction of sp³-hybridized carbons (Fsp3) is 0.667. The molecule has 1 atom stereocenters. The van der Waals surface area contributed by atoms with Gasteiger partial charge in [-0.3, -0.25) is 0 Å². The first-order valence-corrected chi connectivity index (χ1v) is 4.85. The third kappa shape index (κ3) is 2.89. The van der Waals surface area contributed by atoms with Crippen LogP contribution in [0.25, 0.3) is 0 Å². The van der Waals surface area contributed by atoms with Crippen LogP contribution < -0.4 is 0 Å². The Bertz CT molecular complexity index is 230. The van der Waals surface area contributed by atoms with Gasteiger partial charge in [-0.05, 0) is 24.5 Å². The Balaban J connectivity index is 2.29. The predicted molar refractivity (Wildman–Crippen MR) is 54.6 cm³/mol. The van der Waals surface area contributed by atoms with Crippen LogP contribution in [0.3, 0.4) is 0 Å². The van der Waals surface area contributed by atoms with E-state index in [1.807, 2.05) is 19.6 Å². The molecule has 12 heavy (non-hydrogen) atoms. The fourth-order valence-corrected chi connectivity index (χ4v) is 1.39. The van der Waals surface area contributed by atoms with Crippen molar-refractivity contribution in [3.8, 4) is 0 Å². The Morgan fingerprint density at radius 1 is 1.67 bits per heavy atom. The summed E-state index contributed by atoms with van der Waals surface area (Å²) in [5.74, 6) is 0. The lowest BCUT2D eigenvalue weighted by molar-refractivity contribution is 0.696. The van der Waals surface area contributed by atoms with Crippen molar-refractivity contribution in [2.45, 2.75) is 31.4 Å². The van der Waals surface area contributed by atoms with Crippen LogP contribution >= 0.6 is 12.6 Å². The standard InChI is InChI=1S/C9H16N2S/c1-8(12)4-3-5-9-6-10-7-11(9)2/h6-8,12H,3-5H2,1-2H3. The molecule has 0 N–H and O–H groups in total. The van der Waals surface area contributed by atoms with E-state index in [1.54, 1.807) is 0 Å². The first kappa shape index (κ1) is 9.65. The first-order chi connectivity index (χ1) is 5.70. The van der Waals surface area contributed by atoms with Gasteiger partial charge in [0.2, 0.25) is 0 Å². The van der Waals surface area contributed by atoms with Crippen molar-refractivity contribution in [2.75, 3.05) is 0 Å². The zero-order chi connectivity index (χ0) is 8.97. The molecule has 0 radical (unpaired) electrons. The van der Waals surface area contributed by atoms with E-state index in [0.29, 0.717) is 5.25 Å². The van der Waals surface area contributed by atoms with Gasteiger partial charge in [0.05, 0.1) is 6.33 Å². The molecule has 0 aliphatic heterocycles. The van der Waals surface area contributed by atoms with Crippen molar-refractivity contribution in [3.63, 3.8) is 0 Å². The minimum Gasteiger partial charge on any atom is -0.338 e. The van der Waals surface area contributed by atoms with Gasteiger partial charge < -0.3 is 4.57 Å². The lowest BCUT2D eigenvalue weighted by Gasteiger charge is -2.03. The van der Waals surface area contributed by atoms with Crippen LogP contribution in [0.5, 0.6) is 0 Å². The van der Waals surface area contributed by atoms with Gasteiger partial charge in [0.15, 0.2) is 0 Å². The maximum Gasteiger partial charge on any atom is 0.0945 e. The summed E-state index contributed by atoms with van der Waals surface area (Å²) in [6.07, 6.45) is 7.27. The van der Waals surface area contributed by atoms with E-state index in [2.05, 4.69) is 29.1 Å². The number of rotatable bonds is 4. The van der Waals surface area contributed by atoms with Gasteiger partial charge in [-0.1, -0.05) is 6.92 Å². The summed E-state index contributed by atoms with van der Waals surface area (Å²) in [5, 5.41) is 0.512. The van der Waals surface area contributed by atoms with Crippen LogP contribution in [0.1, 0.15) is 25.5 Å². The molecule has 2 nitrogen and oxygen atoms in total. The van der Waals surface area contributed by atoms with Crippen LogP contribution in [0.15, 0.2) is 12.5 Å². The Labute approximate surface area is 79.4 Å². The molecule has 68 valence electrons. The average Bonchev–Trinajstić information content (AvgIpc) is 2.36. The Kier molecular flexibility index (Phi) is 3.66. The molecule has 0 bridgehead atoms. The van der Waals surface area contributed by atoms with E-state index < -0.39 is 0 Å². The zero-order valence-corrected chi connectivity index (χ0v) is 8.59. The van der Waals surface area contributed by atoms with Crippen molar-refractivity contribution in [3.05, 3.63) is 18.2 Å². The molecule has 0 saturated carbocycles. The summed E-state index contributed by atoms with van der Waals surface area (Å²) in [7, 11) is 2.03. The lowest BCUT2D eigenvalue weighted by Crippen LogP contribution is -1.97. The monoisotopic (exact) mass is 184 g/mol. The zero-order valence-electron chi connectivity index (χ0n) is 7.70. The molecule has 0 aliphatic carbocycles. The third-order valence-electron chi connectivity index (χ3n) is 1.97. The molecule has 0 aromatic carbocycles. The second-order valence-electron chi connectivity index (χ2n) is 3.24. The van der Waals surface area contributed by atoms with E-state index in [9.17, 15) is 0 Å². The number of aryl methyl sites for hydroxylation is 2. The van der Waals surface area contributed by atoms with Gasteiger partial charge in [-0.25, -0.2) is 4.98 Å². The van der Waals surface area contributed by atoms with Crippen molar-refractivity contribution < 1.29 is 0 Å². The molecular formula is C9H16N2S. The molecule has 0 spiro atoms. The molecule has 1 aromatic rings. The van der Waals surface area contributed by atoms with Gasteiger partial charge in [-0.2, -0.15) is 12.6 Å². The van der Waals surface area contributed by atoms with Crippen LogP contribution in [0.4, 0.5) is 0 Å². The normalized spacial score (nSPS) is 13.2. The van der Waals surface area contributed by atoms with E-state index in [0.717, 1.165) is 6.42 Å². The summed E-state index contributed by atoms with van der Waals surface area (Å²) in [5.41, 5.74) is 1.31. The van der Waals surface area contributed by atoms with Crippen molar-refractivity contribution >= 4 is 12.6 Å². The predicted octanol–water partition coefficient (Wildman–Crippen LogP) is 2.06. The number of imidazole rings is 1. The Morgan fingerprint density at radius 2 is 2.42 bits per heavy atom. The van der Waals surface area contributed by atoms with Crippen LogP contribution in [-0.2, 0) is 13.5 Å². The number of hydrogen-bond acceptors (Lipinski definition) is 2.